The van der Waals surface area contributed by atoms with E-state index in [0.717, 1.165) is 11.3 Å². The first-order chi connectivity index (χ1) is 10.1. The van der Waals surface area contributed by atoms with Crippen molar-refractivity contribution in [3.63, 3.8) is 0 Å². The highest BCUT2D eigenvalue weighted by Gasteiger charge is 2.17. The molecule has 21 heavy (non-hydrogen) atoms. The third-order valence-electron chi connectivity index (χ3n) is 3.16. The van der Waals surface area contributed by atoms with E-state index in [0.29, 0.717) is 23.5 Å². The molecule has 0 bridgehead atoms. The van der Waals surface area contributed by atoms with Gasteiger partial charge in [0.25, 0.3) is 0 Å². The number of hydrogen-bond donors (Lipinski definition) is 2. The van der Waals surface area contributed by atoms with Crippen molar-refractivity contribution in [1.82, 2.24) is 0 Å². The van der Waals surface area contributed by atoms with Gasteiger partial charge in [0.1, 0.15) is 0 Å². The van der Waals surface area contributed by atoms with E-state index < -0.39 is 9.84 Å². The van der Waals surface area contributed by atoms with Crippen LogP contribution in [0.25, 0.3) is 0 Å². The zero-order valence-electron chi connectivity index (χ0n) is 12.0. The Morgan fingerprint density at radius 3 is 2.33 bits per heavy atom. The molecule has 0 spiro atoms. The number of anilines is 2. The van der Waals surface area contributed by atoms with Gasteiger partial charge >= 0.3 is 0 Å². The minimum atomic E-state index is -3.26. The third kappa shape index (κ3) is 3.83. The van der Waals surface area contributed by atoms with Crippen LogP contribution >= 0.6 is 0 Å². The Balaban J connectivity index is 2.32. The molecule has 0 saturated heterocycles. The van der Waals surface area contributed by atoms with Crippen molar-refractivity contribution in [1.29, 1.82) is 0 Å². The fourth-order valence-corrected chi connectivity index (χ4v) is 3.60. The Labute approximate surface area is 125 Å². The fraction of sp³-hybridized carbons (Fsp3) is 0.250. The highest BCUT2D eigenvalue weighted by atomic mass is 32.2. The van der Waals surface area contributed by atoms with Crippen molar-refractivity contribution in [2.75, 3.05) is 11.1 Å². The summed E-state index contributed by atoms with van der Waals surface area (Å²) in [5.41, 5.74) is 8.04. The predicted octanol–water partition coefficient (Wildman–Crippen LogP) is 3.07. The molecule has 0 aliphatic carbocycles. The number of sulfone groups is 1. The molecular weight excluding hydrogens is 284 g/mol. The smallest absolute Gasteiger partial charge is 0.180 e. The number of rotatable bonds is 6. The molecule has 0 aliphatic heterocycles. The summed E-state index contributed by atoms with van der Waals surface area (Å²) in [6.45, 7) is 2.35. The fourth-order valence-electron chi connectivity index (χ4n) is 2.10. The van der Waals surface area contributed by atoms with Crippen LogP contribution in [0.1, 0.15) is 18.9 Å². The second-order valence-electron chi connectivity index (χ2n) is 4.84. The summed E-state index contributed by atoms with van der Waals surface area (Å²) in [5, 5.41) is 3.17. The van der Waals surface area contributed by atoms with Crippen molar-refractivity contribution >= 4 is 21.2 Å². The maximum absolute atomic E-state index is 12.3. The number of hydrogen-bond acceptors (Lipinski definition) is 4. The van der Waals surface area contributed by atoms with Gasteiger partial charge in [0.2, 0.25) is 0 Å². The first-order valence-electron chi connectivity index (χ1n) is 6.94. The van der Waals surface area contributed by atoms with Crippen molar-refractivity contribution in [2.45, 2.75) is 24.8 Å². The molecule has 0 atom stereocenters. The Morgan fingerprint density at radius 1 is 1.05 bits per heavy atom. The van der Waals surface area contributed by atoms with Crippen LogP contribution in [0.5, 0.6) is 0 Å². The van der Waals surface area contributed by atoms with Crippen molar-refractivity contribution in [3.8, 4) is 0 Å². The average Bonchev–Trinajstić information content (AvgIpc) is 2.48. The lowest BCUT2D eigenvalue weighted by Crippen LogP contribution is -2.08. The van der Waals surface area contributed by atoms with E-state index in [1.54, 1.807) is 18.2 Å². The summed E-state index contributed by atoms with van der Waals surface area (Å²) in [6.07, 6.45) is 0.599. The number of nitrogens with two attached hydrogens (primary N) is 1. The van der Waals surface area contributed by atoms with Crippen LogP contribution in [0.15, 0.2) is 53.4 Å². The quantitative estimate of drug-likeness (QED) is 0.860. The van der Waals surface area contributed by atoms with Crippen LogP contribution in [0.2, 0.25) is 0 Å². The number of para-hydroxylation sites is 1. The molecule has 3 N–H and O–H groups in total. The van der Waals surface area contributed by atoms with E-state index in [1.807, 2.05) is 37.3 Å². The minimum Gasteiger partial charge on any atom is -0.354 e. The molecule has 2 aromatic rings. The van der Waals surface area contributed by atoms with Crippen molar-refractivity contribution < 1.29 is 8.42 Å². The summed E-state index contributed by atoms with van der Waals surface area (Å²) < 4.78 is 24.6. The molecule has 2 rings (SSSR count). The van der Waals surface area contributed by atoms with Crippen LogP contribution in [-0.2, 0) is 16.4 Å². The molecule has 0 heterocycles. The largest absolute Gasteiger partial charge is 0.354 e. The molecule has 0 radical (unpaired) electrons. The summed E-state index contributed by atoms with van der Waals surface area (Å²) >= 11 is 0. The van der Waals surface area contributed by atoms with Gasteiger partial charge in [-0.25, -0.2) is 8.42 Å². The molecule has 0 saturated carbocycles. The third-order valence-corrected chi connectivity index (χ3v) is 5.14. The summed E-state index contributed by atoms with van der Waals surface area (Å²) in [6, 6.07) is 14.6. The average molecular weight is 304 g/mol. The Hall–Kier alpha value is -1.85. The monoisotopic (exact) mass is 304 g/mol. The van der Waals surface area contributed by atoms with Gasteiger partial charge in [-0.3, -0.25) is 0 Å². The topological polar surface area (TPSA) is 72.2 Å². The van der Waals surface area contributed by atoms with Gasteiger partial charge in [-0.2, -0.15) is 0 Å². The first kappa shape index (κ1) is 15.5. The molecule has 112 valence electrons. The molecule has 0 aliphatic rings. The van der Waals surface area contributed by atoms with Crippen LogP contribution in [-0.4, -0.2) is 14.2 Å². The normalized spacial score (nSPS) is 11.3. The lowest BCUT2D eigenvalue weighted by atomic mass is 10.2. The second kappa shape index (κ2) is 6.74. The maximum Gasteiger partial charge on any atom is 0.180 e. The predicted molar refractivity (Wildman–Crippen MR) is 86.4 cm³/mol. The standard InChI is InChI=1S/C16H20N2O2S/c1-2-11-21(19,20)16-6-4-3-5-15(16)18-14-9-7-13(12-17)8-10-14/h3-10,18H,2,11-12,17H2,1H3. The summed E-state index contributed by atoms with van der Waals surface area (Å²) in [4.78, 5) is 0.342. The van der Waals surface area contributed by atoms with E-state index >= 15 is 0 Å². The Morgan fingerprint density at radius 2 is 1.71 bits per heavy atom. The molecule has 0 amide bonds. The lowest BCUT2D eigenvalue weighted by molar-refractivity contribution is 0.595. The van der Waals surface area contributed by atoms with E-state index in [4.69, 9.17) is 5.73 Å². The van der Waals surface area contributed by atoms with Gasteiger partial charge in [-0.15, -0.1) is 0 Å². The summed E-state index contributed by atoms with van der Waals surface area (Å²) in [7, 11) is -3.26. The van der Waals surface area contributed by atoms with Gasteiger partial charge in [-0.1, -0.05) is 31.2 Å². The highest BCUT2D eigenvalue weighted by Crippen LogP contribution is 2.26. The SMILES string of the molecule is CCCS(=O)(=O)c1ccccc1Nc1ccc(CN)cc1. The lowest BCUT2D eigenvalue weighted by Gasteiger charge is -2.12. The molecule has 5 heteroatoms. The van der Waals surface area contributed by atoms with Gasteiger partial charge in [0.15, 0.2) is 9.84 Å². The zero-order valence-corrected chi connectivity index (χ0v) is 12.9. The zero-order chi connectivity index (χ0) is 15.3. The van der Waals surface area contributed by atoms with Crippen LogP contribution in [0, 0.1) is 0 Å². The molecule has 0 aromatic heterocycles. The molecule has 0 unspecified atom stereocenters. The molecular formula is C16H20N2O2S. The highest BCUT2D eigenvalue weighted by molar-refractivity contribution is 7.91. The van der Waals surface area contributed by atoms with Crippen molar-refractivity contribution in [2.24, 2.45) is 5.73 Å². The van der Waals surface area contributed by atoms with E-state index in [-0.39, 0.29) is 5.75 Å². The molecule has 0 fully saturated rings. The maximum atomic E-state index is 12.3. The Bertz CT molecular complexity index is 694. The number of benzene rings is 2. The Kier molecular flexibility index (Phi) is 4.98. The molecule has 2 aromatic carbocycles. The van der Waals surface area contributed by atoms with Crippen LogP contribution in [0.3, 0.4) is 0 Å². The number of nitrogens with one attached hydrogen (secondary N) is 1. The van der Waals surface area contributed by atoms with Gasteiger partial charge in [0.05, 0.1) is 16.3 Å². The first-order valence-corrected chi connectivity index (χ1v) is 8.60. The van der Waals surface area contributed by atoms with E-state index in [2.05, 4.69) is 5.32 Å². The van der Waals surface area contributed by atoms with Gasteiger partial charge in [-0.05, 0) is 36.2 Å². The van der Waals surface area contributed by atoms with Gasteiger partial charge in [0, 0.05) is 12.2 Å². The van der Waals surface area contributed by atoms with Crippen molar-refractivity contribution in [3.05, 3.63) is 54.1 Å². The second-order valence-corrected chi connectivity index (χ2v) is 6.92. The van der Waals surface area contributed by atoms with E-state index in [1.165, 1.54) is 0 Å². The van der Waals surface area contributed by atoms with Crippen LogP contribution in [0.4, 0.5) is 11.4 Å². The molecule has 4 nitrogen and oxygen atoms in total. The van der Waals surface area contributed by atoms with Crippen LogP contribution < -0.4 is 11.1 Å². The van der Waals surface area contributed by atoms with Gasteiger partial charge < -0.3 is 11.1 Å². The minimum absolute atomic E-state index is 0.151. The summed E-state index contributed by atoms with van der Waals surface area (Å²) in [5.74, 6) is 0.151. The van der Waals surface area contributed by atoms with E-state index in [9.17, 15) is 8.42 Å².